The molecule has 12 heteroatoms. The predicted octanol–water partition coefficient (Wildman–Crippen LogP) is 3.80. The van der Waals surface area contributed by atoms with Gasteiger partial charge in [0.2, 0.25) is 21.8 Å². The Bertz CT molecular complexity index is 1190. The molecule has 0 aliphatic heterocycles. The summed E-state index contributed by atoms with van der Waals surface area (Å²) in [5, 5.41) is 2.67. The number of amides is 2. The molecule has 198 valence electrons. The van der Waals surface area contributed by atoms with Crippen molar-refractivity contribution in [1.82, 2.24) is 10.2 Å². The van der Waals surface area contributed by atoms with E-state index in [0.29, 0.717) is 16.9 Å². The van der Waals surface area contributed by atoms with Gasteiger partial charge in [-0.25, -0.2) is 12.8 Å². The minimum Gasteiger partial charge on any atom is -0.354 e. The van der Waals surface area contributed by atoms with E-state index in [1.165, 1.54) is 31.2 Å². The third-order valence-electron chi connectivity index (χ3n) is 5.29. The molecule has 0 aliphatic carbocycles. The van der Waals surface area contributed by atoms with Crippen LogP contribution >= 0.6 is 0 Å². The van der Waals surface area contributed by atoms with Crippen molar-refractivity contribution in [3.8, 4) is 0 Å². The van der Waals surface area contributed by atoms with Crippen molar-refractivity contribution in [2.24, 2.45) is 5.92 Å². The Morgan fingerprint density at radius 3 is 2.22 bits per heavy atom. The highest BCUT2D eigenvalue weighted by atomic mass is 32.2. The molecule has 2 aromatic rings. The number of nitrogens with zero attached hydrogens (tertiary/aromatic N) is 2. The van der Waals surface area contributed by atoms with E-state index < -0.39 is 52.0 Å². The van der Waals surface area contributed by atoms with Crippen LogP contribution in [-0.2, 0) is 32.3 Å². The lowest BCUT2D eigenvalue weighted by Gasteiger charge is -2.31. The maximum atomic E-state index is 14.4. The average Bonchev–Trinajstić information content (AvgIpc) is 2.78. The maximum Gasteiger partial charge on any atom is 0.416 e. The largest absolute Gasteiger partial charge is 0.416 e. The first-order valence-electron chi connectivity index (χ1n) is 11.1. The van der Waals surface area contributed by atoms with Gasteiger partial charge < -0.3 is 10.2 Å². The Morgan fingerprint density at radius 1 is 1.03 bits per heavy atom. The van der Waals surface area contributed by atoms with Crippen LogP contribution in [0.2, 0.25) is 0 Å². The van der Waals surface area contributed by atoms with E-state index in [0.717, 1.165) is 29.4 Å². The van der Waals surface area contributed by atoms with Crippen molar-refractivity contribution >= 4 is 27.5 Å². The zero-order chi connectivity index (χ0) is 27.3. The number of rotatable bonds is 10. The molecular formula is C24H29F4N3O4S. The first kappa shape index (κ1) is 29.1. The van der Waals surface area contributed by atoms with Gasteiger partial charge in [-0.05, 0) is 37.1 Å². The summed E-state index contributed by atoms with van der Waals surface area (Å²) < 4.78 is 79.4. The number of sulfonamides is 1. The number of nitrogens with one attached hydrogen (secondary N) is 1. The molecule has 0 saturated heterocycles. The molecule has 0 fully saturated rings. The van der Waals surface area contributed by atoms with Crippen molar-refractivity contribution in [2.45, 2.75) is 39.5 Å². The van der Waals surface area contributed by atoms with Crippen molar-refractivity contribution in [2.75, 3.05) is 23.7 Å². The number of carbonyl (C=O) groups is 2. The van der Waals surface area contributed by atoms with E-state index in [1.54, 1.807) is 0 Å². The second-order valence-electron chi connectivity index (χ2n) is 8.75. The summed E-state index contributed by atoms with van der Waals surface area (Å²) >= 11 is 0. The number of anilines is 1. The first-order chi connectivity index (χ1) is 16.6. The molecule has 0 bridgehead atoms. The first-order valence-corrected chi connectivity index (χ1v) is 12.9. The van der Waals surface area contributed by atoms with E-state index >= 15 is 0 Å². The van der Waals surface area contributed by atoms with Crippen LogP contribution in [0.3, 0.4) is 0 Å². The molecule has 0 unspecified atom stereocenters. The van der Waals surface area contributed by atoms with E-state index in [4.69, 9.17) is 0 Å². The van der Waals surface area contributed by atoms with Crippen LogP contribution in [0.1, 0.15) is 31.9 Å². The van der Waals surface area contributed by atoms with Gasteiger partial charge in [0, 0.05) is 18.7 Å². The summed E-state index contributed by atoms with van der Waals surface area (Å²) in [6.45, 7) is 4.20. The predicted molar refractivity (Wildman–Crippen MR) is 128 cm³/mol. The molecule has 1 atom stereocenters. The van der Waals surface area contributed by atoms with Gasteiger partial charge in [-0.3, -0.25) is 13.9 Å². The second-order valence-corrected chi connectivity index (χ2v) is 10.7. The summed E-state index contributed by atoms with van der Waals surface area (Å²) in [5.74, 6) is -1.96. The summed E-state index contributed by atoms with van der Waals surface area (Å²) in [4.78, 5) is 27.1. The van der Waals surface area contributed by atoms with Crippen LogP contribution in [0.15, 0.2) is 48.5 Å². The Morgan fingerprint density at radius 2 is 1.67 bits per heavy atom. The average molecular weight is 532 g/mol. The van der Waals surface area contributed by atoms with Gasteiger partial charge >= 0.3 is 6.18 Å². The van der Waals surface area contributed by atoms with Gasteiger partial charge in [0.05, 0.1) is 17.5 Å². The van der Waals surface area contributed by atoms with Crippen molar-refractivity contribution in [1.29, 1.82) is 0 Å². The summed E-state index contributed by atoms with van der Waals surface area (Å²) in [6.07, 6.45) is -3.98. The summed E-state index contributed by atoms with van der Waals surface area (Å²) in [6, 6.07) is 8.00. The molecule has 0 radical (unpaired) electrons. The van der Waals surface area contributed by atoms with Crippen LogP contribution in [0.4, 0.5) is 23.2 Å². The van der Waals surface area contributed by atoms with Gasteiger partial charge in [-0.1, -0.05) is 38.1 Å². The minimum absolute atomic E-state index is 0.0827. The topological polar surface area (TPSA) is 86.8 Å². The fourth-order valence-corrected chi connectivity index (χ4v) is 4.14. The molecule has 0 saturated carbocycles. The smallest absolute Gasteiger partial charge is 0.354 e. The van der Waals surface area contributed by atoms with Gasteiger partial charge in [0.25, 0.3) is 0 Å². The molecule has 36 heavy (non-hydrogen) atoms. The molecule has 1 N–H and O–H groups in total. The molecule has 0 aliphatic rings. The van der Waals surface area contributed by atoms with Gasteiger partial charge in [-0.15, -0.1) is 0 Å². The molecule has 2 amide bonds. The molecule has 2 aromatic carbocycles. The zero-order valence-corrected chi connectivity index (χ0v) is 21.2. The van der Waals surface area contributed by atoms with Crippen molar-refractivity contribution in [3.63, 3.8) is 0 Å². The lowest BCUT2D eigenvalue weighted by molar-refractivity contribution is -0.139. The highest BCUT2D eigenvalue weighted by Gasteiger charge is 2.33. The maximum absolute atomic E-state index is 14.4. The fraction of sp³-hybridized carbons (Fsp3) is 0.417. The number of hydrogen-bond donors (Lipinski definition) is 1. The monoisotopic (exact) mass is 531 g/mol. The highest BCUT2D eigenvalue weighted by molar-refractivity contribution is 7.92. The van der Waals surface area contributed by atoms with Gasteiger partial charge in [0.1, 0.15) is 18.4 Å². The highest BCUT2D eigenvalue weighted by Crippen LogP contribution is 2.32. The molecular weight excluding hydrogens is 502 g/mol. The Balaban J connectivity index is 2.44. The van der Waals surface area contributed by atoms with E-state index in [1.807, 2.05) is 13.8 Å². The van der Waals surface area contributed by atoms with E-state index in [9.17, 15) is 35.6 Å². The van der Waals surface area contributed by atoms with Gasteiger partial charge in [0.15, 0.2) is 0 Å². The van der Waals surface area contributed by atoms with Crippen LogP contribution in [0.25, 0.3) is 0 Å². The normalized spacial score (nSPS) is 12.8. The fourth-order valence-electron chi connectivity index (χ4n) is 3.30. The SMILES string of the molecule is CC(C)CNC(=O)[C@H](C)N(Cc1ccccc1F)C(=O)CN(c1cccc(C(F)(F)F)c1)S(C)(=O)=O. The lowest BCUT2D eigenvalue weighted by Crippen LogP contribution is -2.51. The Labute approximate surface area is 208 Å². The summed E-state index contributed by atoms with van der Waals surface area (Å²) in [5.41, 5.74) is -1.38. The third kappa shape index (κ3) is 7.94. The Hall–Kier alpha value is -3.15. The number of hydrogen-bond acceptors (Lipinski definition) is 4. The quantitative estimate of drug-likeness (QED) is 0.473. The van der Waals surface area contributed by atoms with Crippen LogP contribution in [-0.4, -0.2) is 50.5 Å². The Kier molecular flexibility index (Phi) is 9.47. The zero-order valence-electron chi connectivity index (χ0n) is 20.3. The van der Waals surface area contributed by atoms with Crippen LogP contribution in [0, 0.1) is 11.7 Å². The standard InChI is InChI=1S/C24H29F4N3O4S/c1-16(2)13-29-23(33)17(3)30(14-18-8-5-6-11-21(18)25)22(32)15-31(36(4,34)35)20-10-7-9-19(12-20)24(26,27)28/h5-12,16-17H,13-15H2,1-4H3,(H,29,33)/t17-/m0/s1. The summed E-state index contributed by atoms with van der Waals surface area (Å²) in [7, 11) is -4.21. The lowest BCUT2D eigenvalue weighted by atomic mass is 10.1. The number of alkyl halides is 3. The van der Waals surface area contributed by atoms with E-state index in [-0.39, 0.29) is 23.7 Å². The molecule has 0 heterocycles. The second kappa shape index (κ2) is 11.7. The number of carbonyl (C=O) groups excluding carboxylic acids is 2. The van der Waals surface area contributed by atoms with E-state index in [2.05, 4.69) is 5.32 Å². The number of benzene rings is 2. The molecule has 0 spiro atoms. The molecule has 2 rings (SSSR count). The van der Waals surface area contributed by atoms with Gasteiger partial charge in [-0.2, -0.15) is 13.2 Å². The van der Waals surface area contributed by atoms with Crippen molar-refractivity contribution < 1.29 is 35.6 Å². The number of halogens is 4. The third-order valence-corrected chi connectivity index (χ3v) is 6.43. The van der Waals surface area contributed by atoms with Crippen molar-refractivity contribution in [3.05, 3.63) is 65.5 Å². The minimum atomic E-state index is -4.73. The van der Waals surface area contributed by atoms with Crippen LogP contribution in [0.5, 0.6) is 0 Å². The molecule has 7 nitrogen and oxygen atoms in total. The van der Waals surface area contributed by atoms with Crippen LogP contribution < -0.4 is 9.62 Å². The molecule has 0 aromatic heterocycles.